The Morgan fingerprint density at radius 3 is 1.20 bits per heavy atom. The second-order valence-corrected chi connectivity index (χ2v) is 17.0. The Labute approximate surface area is 381 Å². The van der Waals surface area contributed by atoms with Crippen LogP contribution in [0.4, 0.5) is 0 Å². The Morgan fingerprint density at radius 1 is 0.400 bits per heavy atom. The number of benzene rings is 10. The number of aliphatic imine (C=N–C) groups is 1. The highest BCUT2D eigenvalue weighted by Crippen LogP contribution is 2.48. The smallest absolute Gasteiger partial charge is 0.191 e. The normalized spacial score (nSPS) is 12.3. The summed E-state index contributed by atoms with van der Waals surface area (Å²) in [6, 6.07) is 80.1. The van der Waals surface area contributed by atoms with Gasteiger partial charge in [0.25, 0.3) is 0 Å². The van der Waals surface area contributed by atoms with Crippen LogP contribution in [0, 0.1) is 0 Å². The molecular weight excluding hydrogens is 787 g/mol. The number of nitrogens with zero attached hydrogens (tertiary/aromatic N) is 1. The maximum absolute atomic E-state index is 5.44. The summed E-state index contributed by atoms with van der Waals surface area (Å²) in [5.74, 6) is 0.815. The molecule has 0 saturated heterocycles. The molecule has 312 valence electrons. The van der Waals surface area contributed by atoms with Crippen LogP contribution in [-0.4, -0.2) is 12.5 Å². The predicted molar refractivity (Wildman–Crippen MR) is 276 cm³/mol. The van der Waals surface area contributed by atoms with Gasteiger partial charge in [-0.15, -0.1) is 0 Å². The van der Waals surface area contributed by atoms with E-state index < -0.39 is 0 Å². The van der Waals surface area contributed by atoms with Crippen LogP contribution >= 0.6 is 0 Å². The Morgan fingerprint density at radius 2 is 0.769 bits per heavy atom. The van der Waals surface area contributed by atoms with Crippen molar-refractivity contribution in [3.63, 3.8) is 0 Å². The molecule has 0 radical (unpaired) electrons. The monoisotopic (exact) mass is 835 g/mol. The summed E-state index contributed by atoms with van der Waals surface area (Å²) in [5, 5.41) is 12.4. The fraction of sp³-hybridized carbons (Fsp3) is 0.0806. The molecule has 10 aromatic rings. The third kappa shape index (κ3) is 7.87. The van der Waals surface area contributed by atoms with Crippen LogP contribution in [0.1, 0.15) is 24.5 Å². The molecule has 0 spiro atoms. The van der Waals surface area contributed by atoms with Gasteiger partial charge in [0, 0.05) is 13.1 Å². The molecule has 3 nitrogen and oxygen atoms in total. The van der Waals surface area contributed by atoms with Gasteiger partial charge in [-0.2, -0.15) is 0 Å². The maximum atomic E-state index is 5.44. The number of nitrogens with one attached hydrogen (secondary N) is 2. The summed E-state index contributed by atoms with van der Waals surface area (Å²) < 4.78 is 0. The highest BCUT2D eigenvalue weighted by molar-refractivity contribution is 6.12. The van der Waals surface area contributed by atoms with Crippen molar-refractivity contribution < 1.29 is 0 Å². The molecule has 0 bridgehead atoms. The number of rotatable bonds is 8. The van der Waals surface area contributed by atoms with Gasteiger partial charge in [-0.05, 0) is 166 Å². The Bertz CT molecular complexity index is 3240. The van der Waals surface area contributed by atoms with Gasteiger partial charge in [0.2, 0.25) is 0 Å². The van der Waals surface area contributed by atoms with Crippen LogP contribution < -0.4 is 10.6 Å². The van der Waals surface area contributed by atoms with Gasteiger partial charge in [0.1, 0.15) is 0 Å². The number of fused-ring (bicyclic) bond motifs is 7. The van der Waals surface area contributed by atoms with E-state index in [0.29, 0.717) is 13.1 Å². The van der Waals surface area contributed by atoms with Gasteiger partial charge in [0.15, 0.2) is 5.96 Å². The predicted octanol–water partition coefficient (Wildman–Crippen LogP) is 15.6. The highest BCUT2D eigenvalue weighted by Gasteiger charge is 2.26. The Kier molecular flexibility index (Phi) is 10.8. The van der Waals surface area contributed by atoms with Crippen molar-refractivity contribution in [2.24, 2.45) is 4.99 Å². The van der Waals surface area contributed by atoms with Crippen molar-refractivity contribution in [2.45, 2.75) is 26.4 Å². The van der Waals surface area contributed by atoms with Gasteiger partial charge in [-0.25, -0.2) is 4.99 Å². The minimum absolute atomic E-state index is 0.491. The zero-order chi connectivity index (χ0) is 43.5. The maximum Gasteiger partial charge on any atom is 0.191 e. The molecule has 10 aromatic carbocycles. The van der Waals surface area contributed by atoms with Crippen LogP contribution in [0.25, 0.3) is 99.4 Å². The molecule has 1 aliphatic heterocycles. The van der Waals surface area contributed by atoms with E-state index in [9.17, 15) is 0 Å². The van der Waals surface area contributed by atoms with Crippen LogP contribution in [0.15, 0.2) is 223 Å². The van der Waals surface area contributed by atoms with Crippen molar-refractivity contribution in [1.82, 2.24) is 10.6 Å². The topological polar surface area (TPSA) is 36.4 Å². The second-order valence-electron chi connectivity index (χ2n) is 17.0. The van der Waals surface area contributed by atoms with Crippen LogP contribution in [0.2, 0.25) is 0 Å². The largest absolute Gasteiger partial charge is 0.356 e. The first-order chi connectivity index (χ1) is 32.2. The molecule has 2 N–H and O–H groups in total. The van der Waals surface area contributed by atoms with E-state index in [-0.39, 0.29) is 0 Å². The third-order valence-electron chi connectivity index (χ3n) is 12.9. The van der Waals surface area contributed by atoms with Crippen LogP contribution in [0.3, 0.4) is 0 Å². The van der Waals surface area contributed by atoms with Crippen molar-refractivity contribution in [3.8, 4) is 77.9 Å². The van der Waals surface area contributed by atoms with Crippen molar-refractivity contribution in [3.05, 3.63) is 230 Å². The summed E-state index contributed by atoms with van der Waals surface area (Å²) in [6.07, 6.45) is 0.989. The van der Waals surface area contributed by atoms with Crippen LogP contribution in [-0.2, 0) is 13.1 Å². The van der Waals surface area contributed by atoms with Gasteiger partial charge >= 0.3 is 0 Å². The van der Waals surface area contributed by atoms with Gasteiger partial charge < -0.3 is 10.6 Å². The van der Waals surface area contributed by atoms with E-state index in [1.807, 2.05) is 0 Å². The molecule has 0 saturated carbocycles. The summed E-state index contributed by atoms with van der Waals surface area (Å²) in [4.78, 5) is 5.44. The summed E-state index contributed by atoms with van der Waals surface area (Å²) in [7, 11) is 0. The first-order valence-corrected chi connectivity index (χ1v) is 22.8. The lowest BCUT2D eigenvalue weighted by atomic mass is 9.80. The lowest BCUT2D eigenvalue weighted by Gasteiger charge is -2.24. The van der Waals surface area contributed by atoms with Gasteiger partial charge in [-0.3, -0.25) is 0 Å². The number of hydrogen-bond acceptors (Lipinski definition) is 3. The second kappa shape index (κ2) is 17.6. The van der Waals surface area contributed by atoms with E-state index in [1.54, 1.807) is 0 Å². The van der Waals surface area contributed by atoms with Gasteiger partial charge in [-0.1, -0.05) is 177 Å². The number of guanidine groups is 1. The Hall–Kier alpha value is -8.01. The fourth-order valence-electron chi connectivity index (χ4n) is 9.72. The summed E-state index contributed by atoms with van der Waals surface area (Å²) in [6.45, 7) is 4.10. The lowest BCUT2D eigenvalue weighted by Crippen LogP contribution is -2.37. The molecule has 0 unspecified atom stereocenters. The zero-order valence-electron chi connectivity index (χ0n) is 36.6. The minimum atomic E-state index is 0.491. The molecule has 0 atom stereocenters. The summed E-state index contributed by atoms with van der Waals surface area (Å²) >= 11 is 0. The third-order valence-corrected chi connectivity index (χ3v) is 12.9. The molecule has 65 heavy (non-hydrogen) atoms. The average Bonchev–Trinajstić information content (AvgIpc) is 3.46. The van der Waals surface area contributed by atoms with E-state index in [0.717, 1.165) is 18.9 Å². The standard InChI is InChI=1S/C62H49N3/c1-2-31-63-62-64-40-58-56(52-34-48(42-19-7-3-8-20-42)32-49(35-52)43-21-9-4-10-22-43)38-46-27-15-17-29-54(46)60(58)61-55-30-18-16-28-47(55)39-57(59(61)41-65-62)53-36-50(44-23-11-5-12-24-44)33-51(37-53)45-25-13-6-14-26-45/h3-30,32-39H,2,31,40-41H2,1H3,(H2,63,64,65). The molecule has 11 rings (SSSR count). The molecular formula is C62H49N3. The molecule has 1 heterocycles. The first kappa shape index (κ1) is 39.8. The first-order valence-electron chi connectivity index (χ1n) is 22.8. The zero-order valence-corrected chi connectivity index (χ0v) is 36.6. The van der Waals surface area contributed by atoms with E-state index >= 15 is 0 Å². The highest BCUT2D eigenvalue weighted by atomic mass is 15.2. The van der Waals surface area contributed by atoms with E-state index in [2.05, 4.69) is 236 Å². The lowest BCUT2D eigenvalue weighted by molar-refractivity contribution is 0.776. The SMILES string of the molecule is CCCNC1=NCc2c(-c3cc(-c4ccccc4)cc(-c4ccccc4)c3)cc3ccccc3c2-c2c(c(-c3cc(-c4ccccc4)cc(-c4ccccc4)c3)cc3ccccc23)CN1. The van der Waals surface area contributed by atoms with Crippen LogP contribution in [0.5, 0.6) is 0 Å². The minimum Gasteiger partial charge on any atom is -0.356 e. The quantitative estimate of drug-likeness (QED) is 0.160. The molecule has 0 aromatic heterocycles. The molecule has 0 fully saturated rings. The number of hydrogen-bond donors (Lipinski definition) is 2. The molecule has 0 amide bonds. The van der Waals surface area contributed by atoms with E-state index in [1.165, 1.54) is 111 Å². The summed E-state index contributed by atoms with van der Waals surface area (Å²) in [5.41, 5.74) is 19.2. The Balaban J connectivity index is 1.25. The fourth-order valence-corrected chi connectivity index (χ4v) is 9.72. The molecule has 0 aliphatic carbocycles. The molecule has 3 heteroatoms. The van der Waals surface area contributed by atoms with Crippen molar-refractivity contribution >= 4 is 27.5 Å². The van der Waals surface area contributed by atoms with Crippen molar-refractivity contribution in [1.29, 1.82) is 0 Å². The molecule has 1 aliphatic rings. The van der Waals surface area contributed by atoms with E-state index in [4.69, 9.17) is 4.99 Å². The van der Waals surface area contributed by atoms with Gasteiger partial charge in [0.05, 0.1) is 6.54 Å². The average molecular weight is 836 g/mol. The van der Waals surface area contributed by atoms with Crippen molar-refractivity contribution in [2.75, 3.05) is 6.54 Å².